The Morgan fingerprint density at radius 3 is 1.20 bits per heavy atom. The molecule has 0 spiro atoms. The molecule has 58 valence electrons. The first-order chi connectivity index (χ1) is 3.25. The van der Waals surface area contributed by atoms with Gasteiger partial charge in [-0.2, -0.15) is 0 Å². The number of rotatable bonds is 0. The summed E-state index contributed by atoms with van der Waals surface area (Å²) in [5.41, 5.74) is 0. The maximum atomic E-state index is 4.18. The van der Waals surface area contributed by atoms with E-state index in [0.717, 1.165) is 0 Å². The van der Waals surface area contributed by atoms with E-state index < -0.39 is 8.07 Å². The third kappa shape index (κ3) is 6.43. The summed E-state index contributed by atoms with van der Waals surface area (Å²) in [5, 5.41) is 0.465. The zero-order valence-electron chi connectivity index (χ0n) is 7.79. The molecule has 0 radical (unpaired) electrons. The molecule has 0 aliphatic heterocycles. The second kappa shape index (κ2) is 5.37. The van der Waals surface area contributed by atoms with Crippen molar-refractivity contribution in [2.24, 2.45) is 0 Å². The van der Waals surface area contributed by atoms with Crippen LogP contribution in [0.4, 0.5) is 0 Å². The second-order valence-corrected chi connectivity index (χ2v) is 9.40. The van der Waals surface area contributed by atoms with Crippen LogP contribution in [0, 0.1) is 6.55 Å². The van der Waals surface area contributed by atoms with Crippen LogP contribution in [0.2, 0.25) is 18.1 Å². The largest absolute Gasteiger partial charge is 2.00 e. The molecule has 0 fully saturated rings. The van der Waals surface area contributed by atoms with E-state index in [1.165, 1.54) is 0 Å². The molecule has 10 heavy (non-hydrogen) atoms. The maximum absolute atomic E-state index is 4.18. The fraction of sp³-hybridized carbons (Fsp3) is 0.857. The molecule has 0 saturated carbocycles. The van der Waals surface area contributed by atoms with Crippen LogP contribution in [-0.2, 0) is 0 Å². The van der Waals surface area contributed by atoms with Gasteiger partial charge in [-0.15, -0.1) is 0 Å². The van der Waals surface area contributed by atoms with E-state index in [-0.39, 0.29) is 47.0 Å². The fourth-order valence-corrected chi connectivity index (χ4v) is 0. The van der Waals surface area contributed by atoms with E-state index in [1.807, 2.05) is 0 Å². The van der Waals surface area contributed by atoms with Crippen LogP contribution < -0.4 is 24.0 Å². The zero-order chi connectivity index (χ0) is 7.00. The van der Waals surface area contributed by atoms with E-state index in [1.54, 1.807) is 0 Å². The first-order valence-corrected chi connectivity index (χ1v) is 6.31. The minimum absolute atomic E-state index is 0. The molecular weight excluding hydrogens is 263 g/mol. The molecule has 0 aliphatic rings. The molecule has 3 heteroatoms. The molecule has 0 unspecified atom stereocenters. The first-order valence-electron chi connectivity index (χ1n) is 3.10. The average Bonchev–Trinajstić information content (AvgIpc) is 1.25. The minimum Gasteiger partial charge on any atom is -1.00 e. The van der Waals surface area contributed by atoms with Crippen molar-refractivity contribution in [3.63, 3.8) is 0 Å². The molecule has 0 aromatic rings. The minimum atomic E-state index is -1.11. The fourth-order valence-electron chi connectivity index (χ4n) is 0. The number of halogens is 1. The van der Waals surface area contributed by atoms with Crippen LogP contribution in [0.15, 0.2) is 0 Å². The molecule has 0 aromatic heterocycles. The van der Waals surface area contributed by atoms with Gasteiger partial charge in [-0.05, 0) is 0 Å². The zero-order valence-corrected chi connectivity index (χ0v) is 12.4. The van der Waals surface area contributed by atoms with Gasteiger partial charge in [-0.3, -0.25) is 0 Å². The standard InChI is InChI=1S/C7H17Si.HI.Mg/c1-7(2,3)8(4,5)6;;/h4H2,1-3,5-6H3;1H;/q-1;;+2/p-1. The summed E-state index contributed by atoms with van der Waals surface area (Å²) < 4.78 is 0. The van der Waals surface area contributed by atoms with Crippen molar-refractivity contribution in [3.05, 3.63) is 6.55 Å². The third-order valence-electron chi connectivity index (χ3n) is 2.03. The molecular formula is C7H17IMgSi. The Morgan fingerprint density at radius 1 is 1.10 bits per heavy atom. The van der Waals surface area contributed by atoms with Crippen LogP contribution in [-0.4, -0.2) is 31.1 Å². The summed E-state index contributed by atoms with van der Waals surface area (Å²) in [6.45, 7) is 15.6. The summed E-state index contributed by atoms with van der Waals surface area (Å²) in [6.07, 6.45) is 0. The Bertz CT molecular complexity index is 68.6. The van der Waals surface area contributed by atoms with Gasteiger partial charge in [0.1, 0.15) is 0 Å². The van der Waals surface area contributed by atoms with E-state index in [0.29, 0.717) is 5.04 Å². The Balaban J connectivity index is -0.000000245. The average molecular weight is 281 g/mol. The van der Waals surface area contributed by atoms with Crippen molar-refractivity contribution in [3.8, 4) is 0 Å². The molecule has 0 saturated heterocycles. The first kappa shape index (κ1) is 17.7. The second-order valence-electron chi connectivity index (χ2n) is 4.13. The van der Waals surface area contributed by atoms with Gasteiger partial charge in [0.25, 0.3) is 0 Å². The monoisotopic (exact) mass is 280 g/mol. The molecule has 0 N–H and O–H groups in total. The Hall–Kier alpha value is 1.71. The van der Waals surface area contributed by atoms with Crippen LogP contribution in [0.3, 0.4) is 0 Å². The predicted octanol–water partition coefficient (Wildman–Crippen LogP) is -0.509. The van der Waals surface area contributed by atoms with Gasteiger partial charge in [-0.25, -0.2) is 0 Å². The summed E-state index contributed by atoms with van der Waals surface area (Å²) in [5.74, 6) is 0. The van der Waals surface area contributed by atoms with Crippen molar-refractivity contribution in [2.75, 3.05) is 0 Å². The molecule has 0 aliphatic carbocycles. The van der Waals surface area contributed by atoms with Gasteiger partial charge in [0, 0.05) is 0 Å². The van der Waals surface area contributed by atoms with Crippen molar-refractivity contribution < 1.29 is 24.0 Å². The van der Waals surface area contributed by atoms with Gasteiger partial charge < -0.3 is 30.5 Å². The molecule has 0 aromatic carbocycles. The Morgan fingerprint density at radius 2 is 1.20 bits per heavy atom. The summed E-state index contributed by atoms with van der Waals surface area (Å²) in [4.78, 5) is 0. The molecule has 0 nitrogen and oxygen atoms in total. The van der Waals surface area contributed by atoms with Crippen molar-refractivity contribution >= 4 is 31.1 Å². The maximum Gasteiger partial charge on any atom is 2.00 e. The van der Waals surface area contributed by atoms with Gasteiger partial charge in [0.15, 0.2) is 0 Å². The van der Waals surface area contributed by atoms with Gasteiger partial charge in [0.05, 0.1) is 0 Å². The van der Waals surface area contributed by atoms with Gasteiger partial charge in [0.2, 0.25) is 0 Å². The topological polar surface area (TPSA) is 0 Å². The SMILES string of the molecule is [CH2-][Si](C)(C)C(C)(C)C.[I-].[Mg+2]. The normalized spacial score (nSPS) is 11.4. The quantitative estimate of drug-likeness (QED) is 0.319. The van der Waals surface area contributed by atoms with Crippen molar-refractivity contribution in [2.45, 2.75) is 38.9 Å². The smallest absolute Gasteiger partial charge is 1.00 e. The van der Waals surface area contributed by atoms with Crippen LogP contribution >= 0.6 is 0 Å². The molecule has 0 amide bonds. The number of hydrogen-bond donors (Lipinski definition) is 0. The van der Waals surface area contributed by atoms with Gasteiger partial charge >= 0.3 is 23.1 Å². The predicted molar refractivity (Wildman–Crippen MR) is 48.3 cm³/mol. The number of hydrogen-bond acceptors (Lipinski definition) is 0. The van der Waals surface area contributed by atoms with Crippen molar-refractivity contribution in [1.82, 2.24) is 0 Å². The summed E-state index contributed by atoms with van der Waals surface area (Å²) in [6, 6.07) is 0. The summed E-state index contributed by atoms with van der Waals surface area (Å²) >= 11 is 0. The van der Waals surface area contributed by atoms with E-state index in [4.69, 9.17) is 0 Å². The third-order valence-corrected chi connectivity index (χ3v) is 6.09. The summed E-state index contributed by atoms with van der Waals surface area (Å²) in [7, 11) is -1.11. The van der Waals surface area contributed by atoms with Crippen LogP contribution in [0.5, 0.6) is 0 Å². The Kier molecular flexibility index (Phi) is 9.52. The van der Waals surface area contributed by atoms with Crippen LogP contribution in [0.25, 0.3) is 0 Å². The molecule has 0 heterocycles. The molecule has 0 bridgehead atoms. The molecule has 0 atom stereocenters. The van der Waals surface area contributed by atoms with Crippen LogP contribution in [0.1, 0.15) is 20.8 Å². The van der Waals surface area contributed by atoms with Gasteiger partial charge in [-0.1, -0.05) is 47.0 Å². The Labute approximate surface area is 99.7 Å². The van der Waals surface area contributed by atoms with E-state index in [9.17, 15) is 0 Å². The molecule has 0 rings (SSSR count). The van der Waals surface area contributed by atoms with E-state index >= 15 is 0 Å². The van der Waals surface area contributed by atoms with E-state index in [2.05, 4.69) is 40.4 Å². The van der Waals surface area contributed by atoms with Crippen molar-refractivity contribution in [1.29, 1.82) is 0 Å².